The summed E-state index contributed by atoms with van der Waals surface area (Å²) in [6.07, 6.45) is 1.53. The van der Waals surface area contributed by atoms with Crippen LogP contribution in [0.5, 0.6) is 17.2 Å². The van der Waals surface area contributed by atoms with Crippen molar-refractivity contribution in [2.24, 2.45) is 0 Å². The molecule has 1 aliphatic rings. The molecule has 0 fully saturated rings. The van der Waals surface area contributed by atoms with E-state index in [2.05, 4.69) is 10.3 Å². The van der Waals surface area contributed by atoms with E-state index in [4.69, 9.17) is 14.2 Å². The van der Waals surface area contributed by atoms with Crippen LogP contribution in [0.4, 0.5) is 0 Å². The topological polar surface area (TPSA) is 75.5 Å². The fraction of sp³-hybridized carbons (Fsp3) is 0.167. The number of nitrogens with zero attached hydrogens (tertiary/aromatic N) is 3. The third-order valence-corrected chi connectivity index (χ3v) is 3.73. The van der Waals surface area contributed by atoms with Crippen LogP contribution in [0.2, 0.25) is 0 Å². The van der Waals surface area contributed by atoms with E-state index in [1.54, 1.807) is 18.2 Å². The van der Waals surface area contributed by atoms with Gasteiger partial charge in [-0.1, -0.05) is 22.9 Å². The third-order valence-electron chi connectivity index (χ3n) is 3.73. The fourth-order valence-electron chi connectivity index (χ4n) is 2.43. The first-order valence-electron chi connectivity index (χ1n) is 7.80. The van der Waals surface area contributed by atoms with Gasteiger partial charge in [0.15, 0.2) is 17.2 Å². The van der Waals surface area contributed by atoms with Gasteiger partial charge in [0, 0.05) is 6.07 Å². The molecular formula is C18H15N3O4. The van der Waals surface area contributed by atoms with Crippen molar-refractivity contribution in [3.63, 3.8) is 0 Å². The number of aromatic nitrogens is 3. The molecule has 3 aromatic rings. The van der Waals surface area contributed by atoms with Crippen LogP contribution in [-0.2, 0) is 0 Å². The van der Waals surface area contributed by atoms with E-state index in [-0.39, 0.29) is 5.69 Å². The maximum absolute atomic E-state index is 12.3. The fourth-order valence-corrected chi connectivity index (χ4v) is 2.43. The van der Waals surface area contributed by atoms with Gasteiger partial charge in [0.1, 0.15) is 19.0 Å². The van der Waals surface area contributed by atoms with Crippen LogP contribution >= 0.6 is 0 Å². The van der Waals surface area contributed by atoms with Gasteiger partial charge >= 0.3 is 5.97 Å². The SMILES string of the molecule is Cc1ccc(-n2cc(C(=O)Oc3ccc4c(c3)OCCO4)nn2)cc1. The average Bonchev–Trinajstić information content (AvgIpc) is 3.12. The summed E-state index contributed by atoms with van der Waals surface area (Å²) in [5.74, 6) is 0.963. The van der Waals surface area contributed by atoms with E-state index < -0.39 is 5.97 Å². The summed E-state index contributed by atoms with van der Waals surface area (Å²) in [5, 5.41) is 7.85. The van der Waals surface area contributed by atoms with Gasteiger partial charge in [0.2, 0.25) is 0 Å². The predicted molar refractivity (Wildman–Crippen MR) is 88.5 cm³/mol. The van der Waals surface area contributed by atoms with Crippen molar-refractivity contribution in [1.29, 1.82) is 0 Å². The Bertz CT molecular complexity index is 918. The van der Waals surface area contributed by atoms with Crippen molar-refractivity contribution in [2.45, 2.75) is 6.92 Å². The number of aryl methyl sites for hydroxylation is 1. The number of fused-ring (bicyclic) bond motifs is 1. The number of rotatable bonds is 3. The summed E-state index contributed by atoms with van der Waals surface area (Å²) in [5.41, 5.74) is 2.08. The summed E-state index contributed by atoms with van der Waals surface area (Å²) >= 11 is 0. The zero-order valence-corrected chi connectivity index (χ0v) is 13.5. The van der Waals surface area contributed by atoms with Gasteiger partial charge in [-0.15, -0.1) is 5.10 Å². The van der Waals surface area contributed by atoms with Crippen molar-refractivity contribution in [1.82, 2.24) is 15.0 Å². The maximum atomic E-state index is 12.3. The van der Waals surface area contributed by atoms with Gasteiger partial charge in [-0.25, -0.2) is 9.48 Å². The first-order valence-corrected chi connectivity index (χ1v) is 7.80. The highest BCUT2D eigenvalue weighted by molar-refractivity contribution is 5.88. The number of carbonyl (C=O) groups is 1. The quantitative estimate of drug-likeness (QED) is 0.540. The first-order chi connectivity index (χ1) is 12.2. The van der Waals surface area contributed by atoms with Crippen LogP contribution in [0.3, 0.4) is 0 Å². The Morgan fingerprint density at radius 3 is 2.64 bits per heavy atom. The van der Waals surface area contributed by atoms with Gasteiger partial charge in [-0.05, 0) is 31.2 Å². The summed E-state index contributed by atoms with van der Waals surface area (Å²) < 4.78 is 17.8. The Hall–Kier alpha value is -3.35. The molecule has 0 saturated carbocycles. The number of benzene rings is 2. The lowest BCUT2D eigenvalue weighted by Crippen LogP contribution is -2.15. The van der Waals surface area contributed by atoms with E-state index >= 15 is 0 Å². The minimum atomic E-state index is -0.588. The van der Waals surface area contributed by atoms with Crippen LogP contribution in [0.15, 0.2) is 48.7 Å². The summed E-state index contributed by atoms with van der Waals surface area (Å²) in [6.45, 7) is 2.98. The lowest BCUT2D eigenvalue weighted by atomic mass is 10.2. The van der Waals surface area contributed by atoms with E-state index in [9.17, 15) is 4.79 Å². The largest absolute Gasteiger partial charge is 0.486 e. The molecule has 126 valence electrons. The van der Waals surface area contributed by atoms with Gasteiger partial charge < -0.3 is 14.2 Å². The molecule has 0 saturated heterocycles. The second kappa shape index (κ2) is 6.27. The van der Waals surface area contributed by atoms with Gasteiger partial charge in [-0.2, -0.15) is 0 Å². The molecule has 2 heterocycles. The smallest absolute Gasteiger partial charge is 0.365 e. The zero-order chi connectivity index (χ0) is 17.2. The molecule has 4 rings (SSSR count). The highest BCUT2D eigenvalue weighted by atomic mass is 16.6. The molecule has 7 nitrogen and oxygen atoms in total. The van der Waals surface area contributed by atoms with Crippen molar-refractivity contribution >= 4 is 5.97 Å². The van der Waals surface area contributed by atoms with Crippen molar-refractivity contribution in [2.75, 3.05) is 13.2 Å². The maximum Gasteiger partial charge on any atom is 0.365 e. The molecule has 0 amide bonds. The van der Waals surface area contributed by atoms with Gasteiger partial charge in [0.05, 0.1) is 11.9 Å². The molecule has 25 heavy (non-hydrogen) atoms. The lowest BCUT2D eigenvalue weighted by Gasteiger charge is -2.18. The molecule has 0 unspecified atom stereocenters. The third kappa shape index (κ3) is 3.16. The van der Waals surface area contributed by atoms with Crippen LogP contribution in [0, 0.1) is 6.92 Å². The molecule has 0 spiro atoms. The Morgan fingerprint density at radius 1 is 1.08 bits per heavy atom. The number of esters is 1. The Labute approximate surface area is 143 Å². The molecule has 0 bridgehead atoms. The van der Waals surface area contributed by atoms with Crippen molar-refractivity contribution < 1.29 is 19.0 Å². The van der Waals surface area contributed by atoms with E-state index in [0.29, 0.717) is 30.5 Å². The second-order valence-electron chi connectivity index (χ2n) is 5.58. The minimum absolute atomic E-state index is 0.121. The standard InChI is InChI=1S/C18H15N3O4/c1-12-2-4-13(5-3-12)21-11-15(19-20-21)18(22)25-14-6-7-16-17(10-14)24-9-8-23-16/h2-7,10-11H,8-9H2,1H3. The zero-order valence-electron chi connectivity index (χ0n) is 13.5. The molecule has 1 aromatic heterocycles. The molecule has 2 aromatic carbocycles. The van der Waals surface area contributed by atoms with Crippen molar-refractivity contribution in [3.8, 4) is 22.9 Å². The van der Waals surface area contributed by atoms with Crippen LogP contribution in [0.1, 0.15) is 16.1 Å². The Morgan fingerprint density at radius 2 is 1.84 bits per heavy atom. The van der Waals surface area contributed by atoms with Crippen LogP contribution < -0.4 is 14.2 Å². The van der Waals surface area contributed by atoms with Crippen LogP contribution in [0.25, 0.3) is 5.69 Å². The highest BCUT2D eigenvalue weighted by Gasteiger charge is 2.17. The number of hydrogen-bond donors (Lipinski definition) is 0. The minimum Gasteiger partial charge on any atom is -0.486 e. The normalized spacial score (nSPS) is 12.7. The molecule has 0 N–H and O–H groups in total. The van der Waals surface area contributed by atoms with E-state index in [0.717, 1.165) is 11.3 Å². The second-order valence-corrected chi connectivity index (χ2v) is 5.58. The molecular weight excluding hydrogens is 322 g/mol. The molecule has 1 aliphatic heterocycles. The van der Waals surface area contributed by atoms with Crippen molar-refractivity contribution in [3.05, 3.63) is 59.9 Å². The number of hydrogen-bond acceptors (Lipinski definition) is 6. The monoisotopic (exact) mass is 337 g/mol. The molecule has 0 radical (unpaired) electrons. The Kier molecular flexibility index (Phi) is 3.81. The van der Waals surface area contributed by atoms with Gasteiger partial charge in [0.25, 0.3) is 0 Å². The van der Waals surface area contributed by atoms with Crippen LogP contribution in [-0.4, -0.2) is 34.2 Å². The molecule has 0 aliphatic carbocycles. The summed E-state index contributed by atoms with van der Waals surface area (Å²) in [4.78, 5) is 12.3. The summed E-state index contributed by atoms with van der Waals surface area (Å²) in [7, 11) is 0. The van der Waals surface area contributed by atoms with E-state index in [1.165, 1.54) is 10.9 Å². The highest BCUT2D eigenvalue weighted by Crippen LogP contribution is 2.33. The average molecular weight is 337 g/mol. The molecule has 7 heteroatoms. The van der Waals surface area contributed by atoms with Gasteiger partial charge in [-0.3, -0.25) is 0 Å². The number of ether oxygens (including phenoxy) is 3. The summed E-state index contributed by atoms with van der Waals surface area (Å²) in [6, 6.07) is 12.7. The first kappa shape index (κ1) is 15.2. The number of carbonyl (C=O) groups excluding carboxylic acids is 1. The lowest BCUT2D eigenvalue weighted by molar-refractivity contribution is 0.0727. The Balaban J connectivity index is 1.51. The molecule has 0 atom stereocenters. The predicted octanol–water partition coefficient (Wildman–Crippen LogP) is 2.57. The van der Waals surface area contributed by atoms with E-state index in [1.807, 2.05) is 31.2 Å².